The maximum Gasteiger partial charge on any atom is 0.101 e. The third kappa shape index (κ3) is 2.54. The highest BCUT2D eigenvalue weighted by Gasteiger charge is 2.22. The first-order valence-electron chi connectivity index (χ1n) is 4.25. The van der Waals surface area contributed by atoms with E-state index in [1.165, 1.54) is 0 Å². The van der Waals surface area contributed by atoms with E-state index in [2.05, 4.69) is 13.5 Å². The van der Waals surface area contributed by atoms with Gasteiger partial charge >= 0.3 is 0 Å². The molecule has 0 aromatic rings. The molecule has 1 saturated heterocycles. The Morgan fingerprint density at radius 2 is 2.45 bits per heavy atom. The van der Waals surface area contributed by atoms with E-state index >= 15 is 0 Å². The first kappa shape index (κ1) is 8.60. The number of hydrogen-bond donors (Lipinski definition) is 1. The number of hydrogen-bond acceptors (Lipinski definition) is 2. The minimum Gasteiger partial charge on any atom is -0.495 e. The highest BCUT2D eigenvalue weighted by molar-refractivity contribution is 4.92. The molecule has 0 spiro atoms. The maximum atomic E-state index is 9.34. The van der Waals surface area contributed by atoms with Crippen molar-refractivity contribution in [1.29, 1.82) is 0 Å². The summed E-state index contributed by atoms with van der Waals surface area (Å²) < 4.78 is 5.44. The lowest BCUT2D eigenvalue weighted by atomic mass is 10.0. The molecule has 0 aliphatic carbocycles. The molecule has 0 aromatic heterocycles. The number of rotatable bonds is 2. The van der Waals surface area contributed by atoms with Gasteiger partial charge in [-0.3, -0.25) is 0 Å². The van der Waals surface area contributed by atoms with Crippen LogP contribution in [0.15, 0.2) is 12.3 Å². The van der Waals surface area contributed by atoms with E-state index in [0.717, 1.165) is 25.0 Å². The van der Waals surface area contributed by atoms with Gasteiger partial charge in [0.05, 0.1) is 11.9 Å². The normalized spacial score (nSPS) is 31.6. The van der Waals surface area contributed by atoms with E-state index in [9.17, 15) is 5.11 Å². The van der Waals surface area contributed by atoms with E-state index in [-0.39, 0.29) is 12.2 Å². The van der Waals surface area contributed by atoms with Crippen molar-refractivity contribution in [3.63, 3.8) is 0 Å². The van der Waals surface area contributed by atoms with E-state index < -0.39 is 0 Å². The standard InChI is InChI=1S/C9H16O2/c1-3-4-9-6-8(10)5-7(2)11-9/h8-10H,2-6H2,1H3/t8-,9?/m0/s1. The fraction of sp³-hybridized carbons (Fsp3) is 0.778. The molecule has 2 nitrogen and oxygen atoms in total. The molecule has 0 bridgehead atoms. The molecular formula is C9H16O2. The Kier molecular flexibility index (Phi) is 2.94. The summed E-state index contributed by atoms with van der Waals surface area (Å²) in [5, 5.41) is 9.34. The Bertz CT molecular complexity index is 142. The average molecular weight is 156 g/mol. The van der Waals surface area contributed by atoms with Gasteiger partial charge in [0.2, 0.25) is 0 Å². The summed E-state index contributed by atoms with van der Waals surface area (Å²) in [6.07, 6.45) is 3.48. The van der Waals surface area contributed by atoms with Crippen molar-refractivity contribution >= 4 is 0 Å². The largest absolute Gasteiger partial charge is 0.495 e. The molecule has 0 aromatic carbocycles. The first-order chi connectivity index (χ1) is 5.22. The molecule has 1 rings (SSSR count). The third-order valence-electron chi connectivity index (χ3n) is 1.94. The van der Waals surface area contributed by atoms with Gasteiger partial charge in [0.1, 0.15) is 6.10 Å². The fourth-order valence-corrected chi connectivity index (χ4v) is 1.48. The molecule has 64 valence electrons. The molecular weight excluding hydrogens is 140 g/mol. The van der Waals surface area contributed by atoms with Crippen LogP contribution in [0.4, 0.5) is 0 Å². The van der Waals surface area contributed by atoms with Gasteiger partial charge in [-0.25, -0.2) is 0 Å². The van der Waals surface area contributed by atoms with Crippen LogP contribution in [0, 0.1) is 0 Å². The lowest BCUT2D eigenvalue weighted by Gasteiger charge is -2.28. The van der Waals surface area contributed by atoms with Crippen LogP contribution >= 0.6 is 0 Å². The van der Waals surface area contributed by atoms with Crippen LogP contribution in [0.25, 0.3) is 0 Å². The second-order valence-electron chi connectivity index (χ2n) is 3.16. The van der Waals surface area contributed by atoms with E-state index in [1.807, 2.05) is 0 Å². The van der Waals surface area contributed by atoms with Crippen molar-refractivity contribution in [1.82, 2.24) is 0 Å². The Morgan fingerprint density at radius 1 is 1.73 bits per heavy atom. The van der Waals surface area contributed by atoms with E-state index in [4.69, 9.17) is 4.74 Å². The summed E-state index contributed by atoms with van der Waals surface area (Å²) in [7, 11) is 0. The third-order valence-corrected chi connectivity index (χ3v) is 1.94. The van der Waals surface area contributed by atoms with Crippen molar-refractivity contribution in [2.75, 3.05) is 0 Å². The van der Waals surface area contributed by atoms with E-state index in [0.29, 0.717) is 6.42 Å². The van der Waals surface area contributed by atoms with Gasteiger partial charge in [0, 0.05) is 12.8 Å². The Morgan fingerprint density at radius 3 is 3.00 bits per heavy atom. The second kappa shape index (κ2) is 3.77. The van der Waals surface area contributed by atoms with Gasteiger partial charge in [0.15, 0.2) is 0 Å². The zero-order chi connectivity index (χ0) is 8.27. The molecule has 1 fully saturated rings. The average Bonchev–Trinajstić information content (AvgIpc) is 1.85. The molecule has 1 aliphatic heterocycles. The number of aliphatic hydroxyl groups is 1. The Balaban J connectivity index is 2.36. The summed E-state index contributed by atoms with van der Waals surface area (Å²) in [5.74, 6) is 0.738. The highest BCUT2D eigenvalue weighted by atomic mass is 16.5. The van der Waals surface area contributed by atoms with Crippen LogP contribution in [-0.4, -0.2) is 17.3 Å². The summed E-state index contributed by atoms with van der Waals surface area (Å²) in [6.45, 7) is 5.83. The number of ether oxygens (including phenoxy) is 1. The maximum absolute atomic E-state index is 9.34. The lowest BCUT2D eigenvalue weighted by Crippen LogP contribution is -2.27. The fourth-order valence-electron chi connectivity index (χ4n) is 1.48. The van der Waals surface area contributed by atoms with Crippen molar-refractivity contribution in [2.45, 2.75) is 44.8 Å². The Labute approximate surface area is 67.9 Å². The van der Waals surface area contributed by atoms with Crippen LogP contribution in [0.5, 0.6) is 0 Å². The zero-order valence-corrected chi connectivity index (χ0v) is 7.05. The molecule has 1 heterocycles. The molecule has 2 atom stereocenters. The zero-order valence-electron chi connectivity index (χ0n) is 7.05. The molecule has 0 saturated carbocycles. The van der Waals surface area contributed by atoms with Crippen LogP contribution in [-0.2, 0) is 4.74 Å². The highest BCUT2D eigenvalue weighted by Crippen LogP contribution is 2.23. The number of aliphatic hydroxyl groups excluding tert-OH is 1. The summed E-state index contributed by atoms with van der Waals surface area (Å²) in [6, 6.07) is 0. The minimum atomic E-state index is -0.229. The van der Waals surface area contributed by atoms with Crippen LogP contribution in [0.3, 0.4) is 0 Å². The van der Waals surface area contributed by atoms with Gasteiger partial charge in [-0.15, -0.1) is 0 Å². The van der Waals surface area contributed by atoms with Gasteiger partial charge in [0.25, 0.3) is 0 Å². The predicted molar refractivity (Wildman–Crippen MR) is 44.2 cm³/mol. The van der Waals surface area contributed by atoms with Gasteiger partial charge in [-0.1, -0.05) is 19.9 Å². The molecule has 1 N–H and O–H groups in total. The smallest absolute Gasteiger partial charge is 0.101 e. The summed E-state index contributed by atoms with van der Waals surface area (Å²) in [4.78, 5) is 0. The second-order valence-corrected chi connectivity index (χ2v) is 3.16. The molecule has 2 heteroatoms. The van der Waals surface area contributed by atoms with Crippen LogP contribution in [0.2, 0.25) is 0 Å². The quantitative estimate of drug-likeness (QED) is 0.661. The Hall–Kier alpha value is -0.500. The monoisotopic (exact) mass is 156 g/mol. The molecule has 1 unspecified atom stereocenters. The summed E-state index contributed by atoms with van der Waals surface area (Å²) >= 11 is 0. The summed E-state index contributed by atoms with van der Waals surface area (Å²) in [5.41, 5.74) is 0. The van der Waals surface area contributed by atoms with E-state index in [1.54, 1.807) is 0 Å². The molecule has 0 radical (unpaired) electrons. The van der Waals surface area contributed by atoms with Crippen molar-refractivity contribution in [2.24, 2.45) is 0 Å². The lowest BCUT2D eigenvalue weighted by molar-refractivity contribution is -0.00177. The molecule has 0 amide bonds. The van der Waals surface area contributed by atoms with Gasteiger partial charge in [-0.2, -0.15) is 0 Å². The predicted octanol–water partition coefficient (Wildman–Crippen LogP) is 1.84. The first-order valence-corrected chi connectivity index (χ1v) is 4.25. The van der Waals surface area contributed by atoms with Crippen molar-refractivity contribution in [3.8, 4) is 0 Å². The molecule has 1 aliphatic rings. The van der Waals surface area contributed by atoms with Crippen molar-refractivity contribution in [3.05, 3.63) is 12.3 Å². The van der Waals surface area contributed by atoms with Crippen LogP contribution in [0.1, 0.15) is 32.6 Å². The van der Waals surface area contributed by atoms with Gasteiger partial charge < -0.3 is 9.84 Å². The minimum absolute atomic E-state index is 0.205. The van der Waals surface area contributed by atoms with Crippen LogP contribution < -0.4 is 0 Å². The van der Waals surface area contributed by atoms with Gasteiger partial charge in [-0.05, 0) is 6.42 Å². The topological polar surface area (TPSA) is 29.5 Å². The molecule has 11 heavy (non-hydrogen) atoms. The van der Waals surface area contributed by atoms with Crippen molar-refractivity contribution < 1.29 is 9.84 Å². The SMILES string of the molecule is C=C1C[C@H](O)CC(CCC)O1.